The van der Waals surface area contributed by atoms with Crippen LogP contribution in [0.3, 0.4) is 0 Å². The molecule has 0 heterocycles. The fraction of sp³-hybridized carbons (Fsp3) is 0.0476. The lowest BCUT2D eigenvalue weighted by atomic mass is 10.2. The number of phenols is 1. The molecule has 25 heavy (non-hydrogen) atoms. The van der Waals surface area contributed by atoms with Crippen molar-refractivity contribution in [1.82, 2.24) is 0 Å². The Labute approximate surface area is 146 Å². The van der Waals surface area contributed by atoms with Crippen molar-refractivity contribution < 1.29 is 19.4 Å². The summed E-state index contributed by atoms with van der Waals surface area (Å²) in [6.07, 6.45) is 1.56. The highest BCUT2D eigenvalue weighted by Crippen LogP contribution is 2.13. The summed E-state index contributed by atoms with van der Waals surface area (Å²) in [5.74, 6) is 0.954. The summed E-state index contributed by atoms with van der Waals surface area (Å²) in [5, 5.41) is 8.74. The van der Waals surface area contributed by atoms with Crippen molar-refractivity contribution in [1.29, 1.82) is 0 Å². The quantitative estimate of drug-likeness (QED) is 0.707. The minimum Gasteiger partial charge on any atom is -0.508 e. The summed E-state index contributed by atoms with van der Waals surface area (Å²) < 4.78 is 5.58. The Kier molecular flexibility index (Phi) is 6.95. The number of ether oxygens (including phenoxy) is 1. The largest absolute Gasteiger partial charge is 0.508 e. The summed E-state index contributed by atoms with van der Waals surface area (Å²) in [6.45, 7) is 0.543. The van der Waals surface area contributed by atoms with Gasteiger partial charge in [0, 0.05) is 11.1 Å². The minimum absolute atomic E-state index is 0.181. The van der Waals surface area contributed by atoms with Crippen LogP contribution in [0.15, 0.2) is 78.9 Å². The molecule has 126 valence electrons. The van der Waals surface area contributed by atoms with Crippen LogP contribution in [0.1, 0.15) is 26.3 Å². The van der Waals surface area contributed by atoms with E-state index in [1.165, 1.54) is 12.1 Å². The molecule has 3 aromatic carbocycles. The highest BCUT2D eigenvalue weighted by molar-refractivity contribution is 5.75. The Balaban J connectivity index is 0.000000212. The number of aldehydes is 2. The zero-order valence-corrected chi connectivity index (χ0v) is 13.5. The zero-order valence-electron chi connectivity index (χ0n) is 13.5. The van der Waals surface area contributed by atoms with E-state index in [1.807, 2.05) is 30.3 Å². The molecule has 0 fully saturated rings. The normalized spacial score (nSPS) is 9.44. The van der Waals surface area contributed by atoms with Gasteiger partial charge in [-0.05, 0) is 54.1 Å². The first-order valence-electron chi connectivity index (χ1n) is 7.67. The molecule has 0 atom stereocenters. The Bertz CT molecular complexity index is 778. The average molecular weight is 334 g/mol. The second-order valence-electron chi connectivity index (χ2n) is 5.17. The Morgan fingerprint density at radius 2 is 1.24 bits per heavy atom. The molecule has 0 saturated carbocycles. The van der Waals surface area contributed by atoms with Crippen molar-refractivity contribution in [2.75, 3.05) is 0 Å². The van der Waals surface area contributed by atoms with E-state index in [2.05, 4.69) is 0 Å². The molecule has 3 aromatic rings. The number of aromatic hydroxyl groups is 1. The van der Waals surface area contributed by atoms with Crippen molar-refractivity contribution in [3.8, 4) is 11.5 Å². The van der Waals surface area contributed by atoms with Crippen LogP contribution in [0.5, 0.6) is 11.5 Å². The number of benzene rings is 3. The average Bonchev–Trinajstić information content (AvgIpc) is 2.69. The third-order valence-corrected chi connectivity index (χ3v) is 3.29. The summed E-state index contributed by atoms with van der Waals surface area (Å²) in [4.78, 5) is 20.5. The predicted octanol–water partition coefficient (Wildman–Crippen LogP) is 4.28. The minimum atomic E-state index is 0.181. The molecule has 4 nitrogen and oxygen atoms in total. The van der Waals surface area contributed by atoms with E-state index >= 15 is 0 Å². The van der Waals surface area contributed by atoms with Crippen LogP contribution in [0.4, 0.5) is 0 Å². The molecular formula is C21H18O4. The van der Waals surface area contributed by atoms with Crippen LogP contribution >= 0.6 is 0 Å². The first-order chi connectivity index (χ1) is 12.2. The van der Waals surface area contributed by atoms with Gasteiger partial charge < -0.3 is 9.84 Å². The van der Waals surface area contributed by atoms with E-state index in [1.54, 1.807) is 36.4 Å². The van der Waals surface area contributed by atoms with Crippen molar-refractivity contribution in [3.63, 3.8) is 0 Å². The third kappa shape index (κ3) is 6.31. The van der Waals surface area contributed by atoms with Gasteiger partial charge in [0.15, 0.2) is 0 Å². The summed E-state index contributed by atoms with van der Waals surface area (Å²) >= 11 is 0. The van der Waals surface area contributed by atoms with Gasteiger partial charge in [0.1, 0.15) is 30.7 Å². The number of phenolic OH excluding ortho intramolecular Hbond substituents is 1. The van der Waals surface area contributed by atoms with E-state index < -0.39 is 0 Å². The maximum Gasteiger partial charge on any atom is 0.150 e. The number of hydrogen-bond acceptors (Lipinski definition) is 4. The maximum atomic E-state index is 10.5. The Hall–Kier alpha value is -3.40. The number of carbonyl (C=O) groups excluding carboxylic acids is 2. The molecule has 0 saturated heterocycles. The van der Waals surface area contributed by atoms with Gasteiger partial charge >= 0.3 is 0 Å². The summed E-state index contributed by atoms with van der Waals surface area (Å²) in [6, 6.07) is 23.1. The van der Waals surface area contributed by atoms with Crippen LogP contribution in [-0.4, -0.2) is 17.7 Å². The molecular weight excluding hydrogens is 316 g/mol. The van der Waals surface area contributed by atoms with Crippen molar-refractivity contribution >= 4 is 12.6 Å². The van der Waals surface area contributed by atoms with Gasteiger partial charge in [-0.15, -0.1) is 0 Å². The zero-order chi connectivity index (χ0) is 17.9. The Morgan fingerprint density at radius 3 is 1.76 bits per heavy atom. The van der Waals surface area contributed by atoms with E-state index in [0.717, 1.165) is 23.9 Å². The van der Waals surface area contributed by atoms with E-state index in [0.29, 0.717) is 17.7 Å². The smallest absolute Gasteiger partial charge is 0.150 e. The molecule has 4 heteroatoms. The molecule has 0 radical (unpaired) electrons. The van der Waals surface area contributed by atoms with E-state index in [9.17, 15) is 9.59 Å². The maximum absolute atomic E-state index is 10.5. The van der Waals surface area contributed by atoms with Gasteiger partial charge in [-0.2, -0.15) is 0 Å². The van der Waals surface area contributed by atoms with Gasteiger partial charge in [-0.1, -0.05) is 30.3 Å². The topological polar surface area (TPSA) is 63.6 Å². The van der Waals surface area contributed by atoms with Crippen molar-refractivity contribution in [2.24, 2.45) is 0 Å². The van der Waals surface area contributed by atoms with Crippen molar-refractivity contribution in [3.05, 3.63) is 95.6 Å². The monoisotopic (exact) mass is 334 g/mol. The van der Waals surface area contributed by atoms with Gasteiger partial charge in [0.2, 0.25) is 0 Å². The summed E-state index contributed by atoms with van der Waals surface area (Å²) in [7, 11) is 0. The second-order valence-corrected chi connectivity index (χ2v) is 5.17. The predicted molar refractivity (Wildman–Crippen MR) is 96.1 cm³/mol. The van der Waals surface area contributed by atoms with Crippen LogP contribution in [-0.2, 0) is 6.61 Å². The fourth-order valence-corrected chi connectivity index (χ4v) is 1.94. The van der Waals surface area contributed by atoms with Gasteiger partial charge in [0.05, 0.1) is 0 Å². The molecule has 0 bridgehead atoms. The molecule has 0 aromatic heterocycles. The first-order valence-corrected chi connectivity index (χ1v) is 7.67. The van der Waals surface area contributed by atoms with Crippen LogP contribution in [0, 0.1) is 0 Å². The van der Waals surface area contributed by atoms with Crippen LogP contribution in [0.25, 0.3) is 0 Å². The lowest BCUT2D eigenvalue weighted by Crippen LogP contribution is -1.94. The number of hydrogen-bond donors (Lipinski definition) is 1. The standard InChI is InChI=1S/C14H12O2.C7H6O2/c15-10-12-6-8-14(9-7-12)16-11-13-4-2-1-3-5-13;8-5-6-1-3-7(9)4-2-6/h1-10H,11H2;1-5,9H. The van der Waals surface area contributed by atoms with Gasteiger partial charge in [0.25, 0.3) is 0 Å². The molecule has 0 aliphatic heterocycles. The molecule has 3 rings (SSSR count). The molecule has 0 unspecified atom stereocenters. The third-order valence-electron chi connectivity index (χ3n) is 3.29. The Morgan fingerprint density at radius 1 is 0.720 bits per heavy atom. The molecule has 0 aliphatic carbocycles. The van der Waals surface area contributed by atoms with Gasteiger partial charge in [-0.25, -0.2) is 0 Å². The SMILES string of the molecule is O=Cc1ccc(O)cc1.O=Cc1ccc(OCc2ccccc2)cc1. The highest BCUT2D eigenvalue weighted by atomic mass is 16.5. The van der Waals surface area contributed by atoms with Crippen LogP contribution < -0.4 is 4.74 Å². The number of carbonyl (C=O) groups is 2. The highest BCUT2D eigenvalue weighted by Gasteiger charge is 1.95. The second kappa shape index (κ2) is 9.67. The van der Waals surface area contributed by atoms with E-state index in [-0.39, 0.29) is 5.75 Å². The molecule has 0 spiro atoms. The fourth-order valence-electron chi connectivity index (χ4n) is 1.94. The molecule has 0 amide bonds. The van der Waals surface area contributed by atoms with Gasteiger partial charge in [-0.3, -0.25) is 9.59 Å². The lowest BCUT2D eigenvalue weighted by Gasteiger charge is -2.05. The number of rotatable bonds is 5. The first kappa shape index (κ1) is 17.9. The molecule has 0 aliphatic rings. The summed E-state index contributed by atoms with van der Waals surface area (Å²) in [5.41, 5.74) is 2.36. The van der Waals surface area contributed by atoms with Crippen LogP contribution in [0.2, 0.25) is 0 Å². The lowest BCUT2D eigenvalue weighted by molar-refractivity contribution is 0.111. The van der Waals surface area contributed by atoms with Crippen molar-refractivity contribution in [2.45, 2.75) is 6.61 Å². The molecule has 1 N–H and O–H groups in total. The van der Waals surface area contributed by atoms with E-state index in [4.69, 9.17) is 9.84 Å².